The van der Waals surface area contributed by atoms with E-state index in [1.54, 1.807) is 42.7 Å². The SMILES string of the molecule is COc1cc(C[C@@H](CO)CCCCO)cc(OC)c1OC.COc1cc(C[C@H](CO)CCCCO)cc(OC)c1OC. The van der Waals surface area contributed by atoms with Crippen molar-refractivity contribution < 1.29 is 48.8 Å². The van der Waals surface area contributed by atoms with Crippen LogP contribution in [-0.2, 0) is 12.8 Å². The van der Waals surface area contributed by atoms with Gasteiger partial charge in [-0.1, -0.05) is 12.8 Å². The smallest absolute Gasteiger partial charge is 0.203 e. The summed E-state index contributed by atoms with van der Waals surface area (Å²) in [4.78, 5) is 0. The van der Waals surface area contributed by atoms with Crippen LogP contribution >= 0.6 is 0 Å². The summed E-state index contributed by atoms with van der Waals surface area (Å²) in [5.41, 5.74) is 2.07. The minimum atomic E-state index is 0.127. The molecule has 10 nitrogen and oxygen atoms in total. The predicted octanol–water partition coefficient (Wildman–Crippen LogP) is 4.05. The average molecular weight is 597 g/mol. The highest BCUT2D eigenvalue weighted by atomic mass is 16.5. The van der Waals surface area contributed by atoms with Gasteiger partial charge >= 0.3 is 0 Å². The summed E-state index contributed by atoms with van der Waals surface area (Å²) in [5, 5.41) is 36.6. The van der Waals surface area contributed by atoms with Gasteiger partial charge in [-0.25, -0.2) is 0 Å². The van der Waals surface area contributed by atoms with Gasteiger partial charge in [0.15, 0.2) is 23.0 Å². The normalized spacial score (nSPS) is 12.0. The van der Waals surface area contributed by atoms with E-state index in [2.05, 4.69) is 0 Å². The molecule has 0 aliphatic rings. The molecule has 2 aromatic rings. The minimum absolute atomic E-state index is 0.127. The van der Waals surface area contributed by atoms with Crippen molar-refractivity contribution in [3.05, 3.63) is 35.4 Å². The largest absolute Gasteiger partial charge is 0.493 e. The molecule has 0 amide bonds. The topological polar surface area (TPSA) is 136 Å². The molecule has 0 aromatic heterocycles. The van der Waals surface area contributed by atoms with E-state index in [9.17, 15) is 10.2 Å². The van der Waals surface area contributed by atoms with Crippen molar-refractivity contribution in [3.8, 4) is 34.5 Å². The maximum absolute atomic E-state index is 9.49. The van der Waals surface area contributed by atoms with Crippen molar-refractivity contribution in [1.82, 2.24) is 0 Å². The fourth-order valence-electron chi connectivity index (χ4n) is 4.78. The van der Waals surface area contributed by atoms with E-state index in [1.807, 2.05) is 24.3 Å². The second-order valence-corrected chi connectivity index (χ2v) is 10.0. The van der Waals surface area contributed by atoms with Gasteiger partial charge in [-0.3, -0.25) is 0 Å². The Morgan fingerprint density at radius 3 is 1.00 bits per heavy atom. The lowest BCUT2D eigenvalue weighted by Crippen LogP contribution is -2.10. The molecule has 0 bridgehead atoms. The summed E-state index contributed by atoms with van der Waals surface area (Å²) in [6.45, 7) is 0.648. The van der Waals surface area contributed by atoms with Gasteiger partial charge in [0.2, 0.25) is 11.5 Å². The van der Waals surface area contributed by atoms with Crippen molar-refractivity contribution >= 4 is 0 Å². The Morgan fingerprint density at radius 2 is 0.786 bits per heavy atom. The zero-order valence-corrected chi connectivity index (χ0v) is 26.2. The summed E-state index contributed by atoms with van der Waals surface area (Å²) in [7, 11) is 9.51. The van der Waals surface area contributed by atoms with E-state index in [-0.39, 0.29) is 38.3 Å². The second-order valence-electron chi connectivity index (χ2n) is 10.0. The van der Waals surface area contributed by atoms with Crippen molar-refractivity contribution in [2.24, 2.45) is 11.8 Å². The number of benzene rings is 2. The molecule has 4 N–H and O–H groups in total. The molecule has 2 atom stereocenters. The molecule has 10 heteroatoms. The Kier molecular flexibility index (Phi) is 19.2. The monoisotopic (exact) mass is 596 g/mol. The van der Waals surface area contributed by atoms with Gasteiger partial charge in [-0.2, -0.15) is 0 Å². The first-order valence-corrected chi connectivity index (χ1v) is 14.4. The quantitative estimate of drug-likeness (QED) is 0.166. The molecule has 0 saturated carbocycles. The zero-order chi connectivity index (χ0) is 31.3. The molecule has 42 heavy (non-hydrogen) atoms. The first-order chi connectivity index (χ1) is 20.4. The Labute approximate surface area is 251 Å². The van der Waals surface area contributed by atoms with E-state index in [4.69, 9.17) is 38.6 Å². The van der Waals surface area contributed by atoms with Crippen molar-refractivity contribution in [3.63, 3.8) is 0 Å². The lowest BCUT2D eigenvalue weighted by atomic mass is 9.94. The summed E-state index contributed by atoms with van der Waals surface area (Å²) < 4.78 is 31.9. The van der Waals surface area contributed by atoms with Crippen LogP contribution in [0.5, 0.6) is 34.5 Å². The molecule has 0 unspecified atom stereocenters. The number of methoxy groups -OCH3 is 6. The third-order valence-corrected chi connectivity index (χ3v) is 7.06. The van der Waals surface area contributed by atoms with Crippen LogP contribution in [0.4, 0.5) is 0 Å². The van der Waals surface area contributed by atoms with Crippen LogP contribution in [0.25, 0.3) is 0 Å². The van der Waals surface area contributed by atoms with Crippen LogP contribution in [0.1, 0.15) is 49.7 Å². The number of unbranched alkanes of at least 4 members (excludes halogenated alkanes) is 2. The van der Waals surface area contributed by atoms with Crippen molar-refractivity contribution in [1.29, 1.82) is 0 Å². The van der Waals surface area contributed by atoms with Crippen LogP contribution in [0.2, 0.25) is 0 Å². The van der Waals surface area contributed by atoms with E-state index >= 15 is 0 Å². The number of rotatable bonds is 20. The van der Waals surface area contributed by atoms with Gasteiger partial charge in [0.1, 0.15) is 0 Å². The Balaban J connectivity index is 0.000000420. The Morgan fingerprint density at radius 1 is 0.476 bits per heavy atom. The number of ether oxygens (including phenoxy) is 6. The van der Waals surface area contributed by atoms with Gasteiger partial charge in [-0.05, 0) is 85.8 Å². The van der Waals surface area contributed by atoms with Gasteiger partial charge in [0.05, 0.1) is 42.7 Å². The molecule has 0 heterocycles. The van der Waals surface area contributed by atoms with E-state index in [0.29, 0.717) is 34.5 Å². The van der Waals surface area contributed by atoms with Crippen molar-refractivity contribution in [2.75, 3.05) is 69.1 Å². The second kappa shape index (κ2) is 21.7. The van der Waals surface area contributed by atoms with Crippen LogP contribution in [0, 0.1) is 11.8 Å². The highest BCUT2D eigenvalue weighted by molar-refractivity contribution is 5.54. The summed E-state index contributed by atoms with van der Waals surface area (Å²) in [6.07, 6.45) is 6.59. The number of hydrogen-bond acceptors (Lipinski definition) is 10. The van der Waals surface area contributed by atoms with Gasteiger partial charge in [0.25, 0.3) is 0 Å². The zero-order valence-electron chi connectivity index (χ0n) is 26.2. The molecule has 240 valence electrons. The third kappa shape index (κ3) is 12.1. The molecule has 0 aliphatic heterocycles. The molecular formula is C32H52O10. The van der Waals surface area contributed by atoms with Crippen molar-refractivity contribution in [2.45, 2.75) is 51.4 Å². The first kappa shape index (κ1) is 37.1. The maximum Gasteiger partial charge on any atom is 0.203 e. The molecule has 0 saturated heterocycles. The minimum Gasteiger partial charge on any atom is -0.493 e. The lowest BCUT2D eigenvalue weighted by Gasteiger charge is -2.17. The summed E-state index contributed by atoms with van der Waals surface area (Å²) in [5.74, 6) is 3.98. The van der Waals surface area contributed by atoms with Crippen LogP contribution in [0.15, 0.2) is 24.3 Å². The fraction of sp³-hybridized carbons (Fsp3) is 0.625. The molecule has 2 aromatic carbocycles. The molecular weight excluding hydrogens is 544 g/mol. The number of hydrogen-bond donors (Lipinski definition) is 4. The standard InChI is InChI=1S/2C16H26O5/c2*1-19-14-9-13(10-15(20-2)16(14)21-3)8-12(11-18)6-4-5-7-17/h2*9-10,12,17-18H,4-8,11H2,1-3H3/t2*12-/m10/s1. The molecule has 0 fully saturated rings. The maximum atomic E-state index is 9.49. The third-order valence-electron chi connectivity index (χ3n) is 7.06. The van der Waals surface area contributed by atoms with Gasteiger partial charge < -0.3 is 48.8 Å². The lowest BCUT2D eigenvalue weighted by molar-refractivity contribution is 0.208. The average Bonchev–Trinajstić information content (AvgIpc) is 3.02. The van der Waals surface area contributed by atoms with Crippen LogP contribution in [-0.4, -0.2) is 89.5 Å². The molecule has 0 radical (unpaired) electrons. The molecule has 2 rings (SSSR count). The van der Waals surface area contributed by atoms with E-state index in [1.165, 1.54) is 0 Å². The van der Waals surface area contributed by atoms with E-state index in [0.717, 1.165) is 62.5 Å². The van der Waals surface area contributed by atoms with Gasteiger partial charge in [0, 0.05) is 26.4 Å². The Bertz CT molecular complexity index is 868. The summed E-state index contributed by atoms with van der Waals surface area (Å²) >= 11 is 0. The number of aliphatic hydroxyl groups excluding tert-OH is 4. The van der Waals surface area contributed by atoms with Crippen LogP contribution in [0.3, 0.4) is 0 Å². The highest BCUT2D eigenvalue weighted by Gasteiger charge is 2.17. The fourth-order valence-corrected chi connectivity index (χ4v) is 4.78. The predicted molar refractivity (Wildman–Crippen MR) is 163 cm³/mol. The van der Waals surface area contributed by atoms with Crippen LogP contribution < -0.4 is 28.4 Å². The summed E-state index contributed by atoms with van der Waals surface area (Å²) in [6, 6.07) is 7.65. The first-order valence-electron chi connectivity index (χ1n) is 14.4. The van der Waals surface area contributed by atoms with E-state index < -0.39 is 0 Å². The highest BCUT2D eigenvalue weighted by Crippen LogP contribution is 2.40. The van der Waals surface area contributed by atoms with Gasteiger partial charge in [-0.15, -0.1) is 0 Å². The number of aliphatic hydroxyl groups is 4. The Hall–Kier alpha value is -2.92. The molecule has 0 aliphatic carbocycles. The molecule has 0 spiro atoms.